The van der Waals surface area contributed by atoms with Crippen molar-refractivity contribution in [3.63, 3.8) is 0 Å². The van der Waals surface area contributed by atoms with Crippen LogP contribution in [0.1, 0.15) is 49.8 Å². The Morgan fingerprint density at radius 1 is 1.39 bits per heavy atom. The van der Waals surface area contributed by atoms with Gasteiger partial charge in [-0.15, -0.1) is 0 Å². The van der Waals surface area contributed by atoms with Crippen LogP contribution in [0.2, 0.25) is 0 Å². The lowest BCUT2D eigenvalue weighted by molar-refractivity contribution is -0.141. The molecule has 1 aliphatic carbocycles. The first-order valence-electron chi connectivity index (χ1n) is 8.60. The Morgan fingerprint density at radius 3 is 2.78 bits per heavy atom. The number of halogens is 2. The minimum atomic E-state index is -2.57. The Morgan fingerprint density at radius 2 is 2.13 bits per heavy atom. The third kappa shape index (κ3) is 3.90. The number of rotatable bonds is 3. The number of carbonyl (C=O) groups excluding carboxylic acids is 1. The van der Waals surface area contributed by atoms with Crippen molar-refractivity contribution in [1.29, 1.82) is 0 Å². The highest BCUT2D eigenvalue weighted by Gasteiger charge is 2.39. The molecule has 2 fully saturated rings. The maximum atomic E-state index is 13.3. The number of likely N-dealkylation sites (tertiary alicyclic amines) is 1. The predicted octanol–water partition coefficient (Wildman–Crippen LogP) is 3.32. The maximum absolute atomic E-state index is 13.3. The van der Waals surface area contributed by atoms with Gasteiger partial charge in [-0.2, -0.15) is 5.10 Å². The summed E-state index contributed by atoms with van der Waals surface area (Å²) in [5, 5.41) is 7.08. The Kier molecular flexibility index (Phi) is 4.69. The van der Waals surface area contributed by atoms with E-state index in [1.807, 2.05) is 18.0 Å². The molecule has 1 aromatic heterocycles. The predicted molar refractivity (Wildman–Crippen MR) is 83.2 cm³/mol. The lowest BCUT2D eigenvalue weighted by Crippen LogP contribution is -2.45. The second kappa shape index (κ2) is 6.57. The largest absolute Gasteiger partial charge is 0.342 e. The molecule has 2 heterocycles. The van der Waals surface area contributed by atoms with E-state index >= 15 is 0 Å². The molecular weight excluding hydrogens is 300 g/mol. The quantitative estimate of drug-likeness (QED) is 0.927. The number of nitrogens with zero attached hydrogens (tertiary/aromatic N) is 2. The molecule has 0 spiro atoms. The third-order valence-corrected chi connectivity index (χ3v) is 5.32. The SMILES string of the molecule is Cc1cn[nH]c1C[C@H]1CCCN(C(=O)C2CCC(F)(F)CC2)C1. The average molecular weight is 325 g/mol. The number of carbonyl (C=O) groups is 1. The van der Waals surface area contributed by atoms with Crippen LogP contribution >= 0.6 is 0 Å². The lowest BCUT2D eigenvalue weighted by Gasteiger charge is -2.37. The Labute approximate surface area is 135 Å². The number of aromatic amines is 1. The maximum Gasteiger partial charge on any atom is 0.248 e. The number of amides is 1. The smallest absolute Gasteiger partial charge is 0.248 e. The zero-order chi connectivity index (χ0) is 16.4. The second-order valence-electron chi connectivity index (χ2n) is 7.16. The van der Waals surface area contributed by atoms with Gasteiger partial charge in [0.1, 0.15) is 0 Å². The van der Waals surface area contributed by atoms with E-state index in [4.69, 9.17) is 0 Å². The molecule has 2 aliphatic rings. The first-order valence-corrected chi connectivity index (χ1v) is 8.60. The molecule has 1 atom stereocenters. The van der Waals surface area contributed by atoms with E-state index in [0.29, 0.717) is 18.8 Å². The summed E-state index contributed by atoms with van der Waals surface area (Å²) in [6.45, 7) is 3.54. The first-order chi connectivity index (χ1) is 10.9. The number of hydrogen-bond donors (Lipinski definition) is 1. The van der Waals surface area contributed by atoms with E-state index in [-0.39, 0.29) is 24.7 Å². The number of aromatic nitrogens is 2. The zero-order valence-corrected chi connectivity index (χ0v) is 13.7. The number of H-pyrrole nitrogens is 1. The number of hydrogen-bond acceptors (Lipinski definition) is 2. The fraction of sp³-hybridized carbons (Fsp3) is 0.765. The molecule has 1 amide bonds. The van der Waals surface area contributed by atoms with E-state index in [9.17, 15) is 13.6 Å². The number of alkyl halides is 2. The monoisotopic (exact) mass is 325 g/mol. The topological polar surface area (TPSA) is 49.0 Å². The second-order valence-corrected chi connectivity index (χ2v) is 7.16. The average Bonchev–Trinajstić information content (AvgIpc) is 2.92. The van der Waals surface area contributed by atoms with Crippen LogP contribution in [0.15, 0.2) is 6.20 Å². The molecule has 0 bridgehead atoms. The molecule has 3 rings (SSSR count). The molecule has 4 nitrogen and oxygen atoms in total. The van der Waals surface area contributed by atoms with Crippen LogP contribution in [-0.4, -0.2) is 40.0 Å². The van der Waals surface area contributed by atoms with Gasteiger partial charge in [0.2, 0.25) is 11.8 Å². The molecule has 0 unspecified atom stereocenters. The van der Waals surface area contributed by atoms with Crippen molar-refractivity contribution in [2.24, 2.45) is 11.8 Å². The van der Waals surface area contributed by atoms with Crippen LogP contribution in [0.3, 0.4) is 0 Å². The molecule has 1 aliphatic heterocycles. The van der Waals surface area contributed by atoms with Crippen molar-refractivity contribution < 1.29 is 13.6 Å². The summed E-state index contributed by atoms with van der Waals surface area (Å²) in [4.78, 5) is 14.6. The molecule has 0 radical (unpaired) electrons. The fourth-order valence-corrected chi connectivity index (χ4v) is 3.85. The standard InChI is InChI=1S/C17H25F2N3O/c1-12-10-20-21-15(12)9-13-3-2-8-22(11-13)16(23)14-4-6-17(18,19)7-5-14/h10,13-14H,2-9,11H2,1H3,(H,20,21)/t13-/m1/s1. The summed E-state index contributed by atoms with van der Waals surface area (Å²) in [7, 11) is 0. The van der Waals surface area contributed by atoms with Gasteiger partial charge in [0.25, 0.3) is 0 Å². The molecule has 23 heavy (non-hydrogen) atoms. The summed E-state index contributed by atoms with van der Waals surface area (Å²) in [5.41, 5.74) is 2.30. The van der Waals surface area contributed by atoms with Crippen molar-refractivity contribution in [2.75, 3.05) is 13.1 Å². The Balaban J connectivity index is 1.56. The van der Waals surface area contributed by atoms with Crippen LogP contribution in [0.25, 0.3) is 0 Å². The summed E-state index contributed by atoms with van der Waals surface area (Å²) >= 11 is 0. The normalized spacial score (nSPS) is 25.5. The molecule has 1 aromatic rings. The van der Waals surface area contributed by atoms with Gasteiger partial charge < -0.3 is 4.90 Å². The molecule has 6 heteroatoms. The van der Waals surface area contributed by atoms with E-state index in [0.717, 1.165) is 43.6 Å². The van der Waals surface area contributed by atoms with Crippen LogP contribution < -0.4 is 0 Å². The van der Waals surface area contributed by atoms with Gasteiger partial charge in [-0.3, -0.25) is 9.89 Å². The van der Waals surface area contributed by atoms with E-state index in [1.165, 1.54) is 0 Å². The lowest BCUT2D eigenvalue weighted by atomic mass is 9.84. The van der Waals surface area contributed by atoms with E-state index in [1.54, 1.807) is 0 Å². The third-order valence-electron chi connectivity index (χ3n) is 5.32. The highest BCUT2D eigenvalue weighted by atomic mass is 19.3. The van der Waals surface area contributed by atoms with Gasteiger partial charge in [-0.05, 0) is 50.5 Å². The fourth-order valence-electron chi connectivity index (χ4n) is 3.85. The summed E-state index contributed by atoms with van der Waals surface area (Å²) < 4.78 is 26.5. The highest BCUT2D eigenvalue weighted by Crippen LogP contribution is 2.37. The molecule has 1 N–H and O–H groups in total. The molecular formula is C17H25F2N3O. The number of aryl methyl sites for hydroxylation is 1. The van der Waals surface area contributed by atoms with E-state index < -0.39 is 5.92 Å². The molecule has 0 aromatic carbocycles. The van der Waals surface area contributed by atoms with Crippen LogP contribution in [0.4, 0.5) is 8.78 Å². The highest BCUT2D eigenvalue weighted by molar-refractivity contribution is 5.79. The number of nitrogens with one attached hydrogen (secondary N) is 1. The Bertz CT molecular complexity index is 548. The van der Waals surface area contributed by atoms with Crippen molar-refractivity contribution >= 4 is 5.91 Å². The van der Waals surface area contributed by atoms with Crippen LogP contribution in [0.5, 0.6) is 0 Å². The van der Waals surface area contributed by atoms with E-state index in [2.05, 4.69) is 10.2 Å². The van der Waals surface area contributed by atoms with Gasteiger partial charge in [-0.1, -0.05) is 0 Å². The van der Waals surface area contributed by atoms with Gasteiger partial charge >= 0.3 is 0 Å². The Hall–Kier alpha value is -1.46. The van der Waals surface area contributed by atoms with Gasteiger partial charge in [-0.25, -0.2) is 8.78 Å². The van der Waals surface area contributed by atoms with Gasteiger partial charge in [0.05, 0.1) is 6.20 Å². The summed E-state index contributed by atoms with van der Waals surface area (Å²) in [6, 6.07) is 0. The van der Waals surface area contributed by atoms with Crippen LogP contribution in [0, 0.1) is 18.8 Å². The minimum Gasteiger partial charge on any atom is -0.342 e. The van der Waals surface area contributed by atoms with Crippen molar-refractivity contribution in [2.45, 2.75) is 57.8 Å². The molecule has 128 valence electrons. The van der Waals surface area contributed by atoms with Crippen molar-refractivity contribution in [1.82, 2.24) is 15.1 Å². The van der Waals surface area contributed by atoms with Gasteiger partial charge in [0.15, 0.2) is 0 Å². The van der Waals surface area contributed by atoms with Crippen molar-refractivity contribution in [3.8, 4) is 0 Å². The number of piperidine rings is 1. The first kappa shape index (κ1) is 16.4. The van der Waals surface area contributed by atoms with Gasteiger partial charge in [0, 0.05) is 37.5 Å². The zero-order valence-electron chi connectivity index (χ0n) is 13.7. The summed E-state index contributed by atoms with van der Waals surface area (Å²) in [5.74, 6) is -2.26. The molecule has 1 saturated heterocycles. The van der Waals surface area contributed by atoms with Crippen LogP contribution in [-0.2, 0) is 11.2 Å². The summed E-state index contributed by atoms with van der Waals surface area (Å²) in [6.07, 6.45) is 5.18. The van der Waals surface area contributed by atoms with Crippen molar-refractivity contribution in [3.05, 3.63) is 17.5 Å². The molecule has 1 saturated carbocycles. The minimum absolute atomic E-state index is 0.0894.